The van der Waals surface area contributed by atoms with E-state index in [1.165, 1.54) is 0 Å². The Morgan fingerprint density at radius 3 is 2.50 bits per heavy atom. The maximum Gasteiger partial charge on any atom is 0.113 e. The molecule has 1 heterocycles. The first-order valence-corrected chi connectivity index (χ1v) is 5.95. The van der Waals surface area contributed by atoms with E-state index in [0.717, 1.165) is 15.6 Å². The van der Waals surface area contributed by atoms with E-state index in [-0.39, 0.29) is 6.04 Å². The van der Waals surface area contributed by atoms with Gasteiger partial charge in [-0.15, -0.1) is 0 Å². The van der Waals surface area contributed by atoms with Crippen molar-refractivity contribution in [1.29, 1.82) is 0 Å². The molecule has 0 N–H and O–H groups in total. The maximum absolute atomic E-state index is 4.87. The molecule has 0 aliphatic heterocycles. The highest BCUT2D eigenvalue weighted by molar-refractivity contribution is 9.10. The number of pyridine rings is 1. The van der Waals surface area contributed by atoms with Crippen LogP contribution in [0.5, 0.6) is 0 Å². The van der Waals surface area contributed by atoms with Gasteiger partial charge in [0.1, 0.15) is 6.04 Å². The minimum Gasteiger partial charge on any atom is -0.265 e. The number of aromatic nitrogens is 1. The quantitative estimate of drug-likeness (QED) is 0.862. The first-order valence-electron chi connectivity index (χ1n) is 4.79. The fourth-order valence-corrected chi connectivity index (χ4v) is 2.20. The maximum atomic E-state index is 4.87. The Balaban J connectivity index is 2.41. The molecule has 0 aliphatic carbocycles. The lowest BCUT2D eigenvalue weighted by Crippen LogP contribution is -1.97. The van der Waals surface area contributed by atoms with Crippen LogP contribution in [0.15, 0.2) is 57.6 Å². The summed E-state index contributed by atoms with van der Waals surface area (Å²) in [5.74, 6) is 0. The van der Waals surface area contributed by atoms with Gasteiger partial charge in [-0.2, -0.15) is 0 Å². The second kappa shape index (κ2) is 5.27. The van der Waals surface area contributed by atoms with Crippen LogP contribution in [-0.2, 0) is 12.4 Å². The van der Waals surface area contributed by atoms with E-state index in [1.807, 2.05) is 36.4 Å². The van der Waals surface area contributed by atoms with Gasteiger partial charge < -0.3 is 0 Å². The zero-order valence-corrected chi connectivity index (χ0v) is 10.8. The molecule has 0 spiro atoms. The number of nitrogens with zero attached hydrogens (tertiary/aromatic N) is 2. The average molecular weight is 293 g/mol. The van der Waals surface area contributed by atoms with Gasteiger partial charge in [0.05, 0.1) is 0 Å². The number of halogens is 1. The lowest BCUT2D eigenvalue weighted by molar-refractivity contribution is 0.886. The van der Waals surface area contributed by atoms with Crippen molar-refractivity contribution in [1.82, 2.24) is 4.98 Å². The van der Waals surface area contributed by atoms with Gasteiger partial charge in [-0.25, -0.2) is 4.36 Å². The van der Waals surface area contributed by atoms with Gasteiger partial charge in [0, 0.05) is 29.3 Å². The SMILES string of the molecule is S=NC(c1ccncc1)c1cccc(Br)c1. The monoisotopic (exact) mass is 292 g/mol. The zero-order valence-electron chi connectivity index (χ0n) is 8.38. The number of benzene rings is 1. The Bertz CT molecular complexity index is 487. The summed E-state index contributed by atoms with van der Waals surface area (Å²) >= 11 is 8.31. The van der Waals surface area contributed by atoms with Crippen molar-refractivity contribution in [3.63, 3.8) is 0 Å². The van der Waals surface area contributed by atoms with E-state index in [2.05, 4.69) is 25.3 Å². The average Bonchev–Trinajstić information content (AvgIpc) is 2.31. The second-order valence-corrected chi connectivity index (χ2v) is 4.47. The Morgan fingerprint density at radius 1 is 1.12 bits per heavy atom. The third-order valence-corrected chi connectivity index (χ3v) is 3.00. The highest BCUT2D eigenvalue weighted by Crippen LogP contribution is 2.27. The van der Waals surface area contributed by atoms with Crippen molar-refractivity contribution >= 4 is 28.4 Å². The van der Waals surface area contributed by atoms with Crippen molar-refractivity contribution < 1.29 is 0 Å². The molecule has 1 atom stereocenters. The minimum absolute atomic E-state index is 0.101. The largest absolute Gasteiger partial charge is 0.265 e. The van der Waals surface area contributed by atoms with E-state index in [9.17, 15) is 0 Å². The van der Waals surface area contributed by atoms with Crippen LogP contribution in [0.25, 0.3) is 0 Å². The van der Waals surface area contributed by atoms with Crippen LogP contribution in [0.2, 0.25) is 0 Å². The minimum atomic E-state index is -0.101. The van der Waals surface area contributed by atoms with Gasteiger partial charge in [-0.1, -0.05) is 28.1 Å². The molecule has 0 amide bonds. The number of hydrogen-bond acceptors (Lipinski definition) is 3. The fourth-order valence-electron chi connectivity index (χ4n) is 1.54. The van der Waals surface area contributed by atoms with E-state index >= 15 is 0 Å². The van der Waals surface area contributed by atoms with Gasteiger partial charge in [-0.3, -0.25) is 4.98 Å². The summed E-state index contributed by atoms with van der Waals surface area (Å²) in [7, 11) is 0. The third kappa shape index (κ3) is 2.51. The summed E-state index contributed by atoms with van der Waals surface area (Å²) in [5, 5.41) is 0. The summed E-state index contributed by atoms with van der Waals surface area (Å²) in [5.41, 5.74) is 2.14. The van der Waals surface area contributed by atoms with E-state index in [0.29, 0.717) is 0 Å². The van der Waals surface area contributed by atoms with Crippen LogP contribution >= 0.6 is 15.9 Å². The summed E-state index contributed by atoms with van der Waals surface area (Å²) in [6.45, 7) is 0. The molecule has 0 radical (unpaired) electrons. The molecule has 0 bridgehead atoms. The Morgan fingerprint density at radius 2 is 1.88 bits per heavy atom. The normalized spacial score (nSPS) is 12.1. The van der Waals surface area contributed by atoms with Gasteiger partial charge in [-0.05, 0) is 35.4 Å². The molecule has 4 heteroatoms. The van der Waals surface area contributed by atoms with Gasteiger partial charge in [0.2, 0.25) is 0 Å². The highest BCUT2D eigenvalue weighted by atomic mass is 79.9. The molecule has 1 unspecified atom stereocenters. The number of hydrogen-bond donors (Lipinski definition) is 0. The van der Waals surface area contributed by atoms with Crippen LogP contribution in [0.1, 0.15) is 17.2 Å². The lowest BCUT2D eigenvalue weighted by Gasteiger charge is -2.11. The van der Waals surface area contributed by atoms with Crippen molar-refractivity contribution in [2.45, 2.75) is 6.04 Å². The summed E-state index contributed by atoms with van der Waals surface area (Å²) in [4.78, 5) is 3.99. The van der Waals surface area contributed by atoms with Crippen LogP contribution < -0.4 is 0 Å². The molecule has 16 heavy (non-hydrogen) atoms. The van der Waals surface area contributed by atoms with E-state index in [4.69, 9.17) is 12.4 Å². The summed E-state index contributed by atoms with van der Waals surface area (Å²) < 4.78 is 5.03. The van der Waals surface area contributed by atoms with Crippen LogP contribution in [0.3, 0.4) is 0 Å². The molecule has 2 nitrogen and oxygen atoms in total. The molecule has 0 aliphatic rings. The molecule has 1 aromatic carbocycles. The van der Waals surface area contributed by atoms with Crippen molar-refractivity contribution in [2.75, 3.05) is 0 Å². The Hall–Kier alpha value is -1.13. The van der Waals surface area contributed by atoms with Gasteiger partial charge >= 0.3 is 0 Å². The second-order valence-electron chi connectivity index (χ2n) is 3.34. The van der Waals surface area contributed by atoms with Crippen LogP contribution in [-0.4, -0.2) is 4.98 Å². The molecule has 1 aromatic heterocycles. The first-order chi connectivity index (χ1) is 7.81. The summed E-state index contributed by atoms with van der Waals surface area (Å²) in [6, 6.07) is 11.8. The van der Waals surface area contributed by atoms with E-state index < -0.39 is 0 Å². The molecular weight excluding hydrogens is 284 g/mol. The summed E-state index contributed by atoms with van der Waals surface area (Å²) in [6.07, 6.45) is 3.50. The standard InChI is InChI=1S/C12H9BrN2S/c13-11-3-1-2-10(8-11)12(15-16)9-4-6-14-7-5-9/h1-8,12H. The molecular formula is C12H9BrN2S. The Labute approximate surface area is 108 Å². The highest BCUT2D eigenvalue weighted by Gasteiger charge is 2.12. The lowest BCUT2D eigenvalue weighted by atomic mass is 10.0. The molecule has 2 rings (SSSR count). The first kappa shape index (κ1) is 11.4. The van der Waals surface area contributed by atoms with Crippen LogP contribution in [0.4, 0.5) is 0 Å². The molecule has 0 saturated heterocycles. The fraction of sp³-hybridized carbons (Fsp3) is 0.0833. The zero-order chi connectivity index (χ0) is 11.4. The third-order valence-electron chi connectivity index (χ3n) is 2.29. The van der Waals surface area contributed by atoms with Crippen molar-refractivity contribution in [2.24, 2.45) is 4.36 Å². The van der Waals surface area contributed by atoms with E-state index in [1.54, 1.807) is 12.4 Å². The van der Waals surface area contributed by atoms with Gasteiger partial charge in [0.25, 0.3) is 0 Å². The van der Waals surface area contributed by atoms with Crippen LogP contribution in [0, 0.1) is 0 Å². The molecule has 0 saturated carbocycles. The smallest absolute Gasteiger partial charge is 0.113 e. The molecule has 0 fully saturated rings. The van der Waals surface area contributed by atoms with Gasteiger partial charge in [0.15, 0.2) is 0 Å². The predicted molar refractivity (Wildman–Crippen MR) is 70.0 cm³/mol. The van der Waals surface area contributed by atoms with Crippen molar-refractivity contribution in [3.05, 3.63) is 64.4 Å². The Kier molecular flexibility index (Phi) is 3.74. The predicted octanol–water partition coefficient (Wildman–Crippen LogP) is 3.66. The molecule has 2 aromatic rings. The molecule has 80 valence electrons. The van der Waals surface area contributed by atoms with Crippen molar-refractivity contribution in [3.8, 4) is 0 Å². The number of rotatable bonds is 3. The topological polar surface area (TPSA) is 25.2 Å².